The van der Waals surface area contributed by atoms with Crippen molar-refractivity contribution in [1.82, 2.24) is 9.78 Å². The third kappa shape index (κ3) is 2.10. The number of carbonyl (C=O) groups is 1. The number of fused-ring (bicyclic) bond motifs is 1. The maximum atomic E-state index is 12.7. The molecule has 1 aliphatic rings. The van der Waals surface area contributed by atoms with E-state index in [4.69, 9.17) is 4.74 Å². The van der Waals surface area contributed by atoms with E-state index in [1.807, 2.05) is 24.3 Å². The molecule has 1 aromatic heterocycles. The largest absolute Gasteiger partial charge is 0.379 e. The average molecular weight is 271 g/mol. The van der Waals surface area contributed by atoms with Crippen LogP contribution in [-0.2, 0) is 18.2 Å². The highest BCUT2D eigenvalue weighted by molar-refractivity contribution is 6.05. The second kappa shape index (κ2) is 5.09. The Morgan fingerprint density at radius 2 is 2.15 bits per heavy atom. The van der Waals surface area contributed by atoms with Crippen LogP contribution in [0.5, 0.6) is 0 Å². The Kier molecular flexibility index (Phi) is 3.28. The van der Waals surface area contributed by atoms with Crippen molar-refractivity contribution in [3.63, 3.8) is 0 Å². The Morgan fingerprint density at radius 3 is 2.85 bits per heavy atom. The van der Waals surface area contributed by atoms with Crippen molar-refractivity contribution in [3.05, 3.63) is 47.8 Å². The molecule has 20 heavy (non-hydrogen) atoms. The van der Waals surface area contributed by atoms with Gasteiger partial charge in [-0.05, 0) is 17.7 Å². The standard InChI is InChI=1S/C15H17N3O2/c1-17-14(7-8-16-17)15(19)18-10-12(20-2)9-11-5-3-4-6-13(11)18/h3-8,12H,9-10H2,1-2H3/t12-/m1/s1. The van der Waals surface area contributed by atoms with Gasteiger partial charge in [-0.1, -0.05) is 18.2 Å². The summed E-state index contributed by atoms with van der Waals surface area (Å²) in [5.74, 6) is -0.0424. The van der Waals surface area contributed by atoms with Crippen LogP contribution in [0.15, 0.2) is 36.5 Å². The monoisotopic (exact) mass is 271 g/mol. The number of amides is 1. The smallest absolute Gasteiger partial charge is 0.276 e. The number of rotatable bonds is 2. The summed E-state index contributed by atoms with van der Waals surface area (Å²) in [4.78, 5) is 14.5. The first-order valence-electron chi connectivity index (χ1n) is 6.61. The van der Waals surface area contributed by atoms with E-state index in [2.05, 4.69) is 5.10 Å². The predicted molar refractivity (Wildman–Crippen MR) is 75.8 cm³/mol. The van der Waals surface area contributed by atoms with Crippen LogP contribution in [0.2, 0.25) is 0 Å². The SMILES string of the molecule is CO[C@@H]1Cc2ccccc2N(C(=O)c2ccnn2C)C1. The normalized spacial score (nSPS) is 17.9. The summed E-state index contributed by atoms with van der Waals surface area (Å²) in [6, 6.07) is 9.71. The van der Waals surface area contributed by atoms with E-state index in [-0.39, 0.29) is 12.0 Å². The fourth-order valence-electron chi connectivity index (χ4n) is 2.63. The summed E-state index contributed by atoms with van der Waals surface area (Å²) in [7, 11) is 3.46. The highest BCUT2D eigenvalue weighted by Crippen LogP contribution is 2.29. The molecule has 1 amide bonds. The minimum Gasteiger partial charge on any atom is -0.379 e. The Hall–Kier alpha value is -2.14. The summed E-state index contributed by atoms with van der Waals surface area (Å²) in [6.07, 6.45) is 2.50. The van der Waals surface area contributed by atoms with Gasteiger partial charge in [-0.2, -0.15) is 5.10 Å². The van der Waals surface area contributed by atoms with Crippen molar-refractivity contribution in [1.29, 1.82) is 0 Å². The Morgan fingerprint density at radius 1 is 1.35 bits per heavy atom. The molecular weight excluding hydrogens is 254 g/mol. The molecule has 2 aromatic rings. The first kappa shape index (κ1) is 12.9. The number of hydrogen-bond donors (Lipinski definition) is 0. The Bertz CT molecular complexity index is 636. The highest BCUT2D eigenvalue weighted by Gasteiger charge is 2.29. The third-order valence-electron chi connectivity index (χ3n) is 3.73. The van der Waals surface area contributed by atoms with Gasteiger partial charge in [0, 0.05) is 32.5 Å². The number of benzene rings is 1. The van der Waals surface area contributed by atoms with Crippen molar-refractivity contribution in [2.45, 2.75) is 12.5 Å². The number of nitrogens with zero attached hydrogens (tertiary/aromatic N) is 3. The highest BCUT2D eigenvalue weighted by atomic mass is 16.5. The molecule has 1 aliphatic heterocycles. The van der Waals surface area contributed by atoms with Gasteiger partial charge in [0.05, 0.1) is 12.6 Å². The molecule has 1 aromatic carbocycles. The van der Waals surface area contributed by atoms with Crippen LogP contribution in [0.1, 0.15) is 16.1 Å². The second-order valence-corrected chi connectivity index (χ2v) is 4.95. The zero-order valence-electron chi connectivity index (χ0n) is 11.6. The van der Waals surface area contributed by atoms with E-state index < -0.39 is 0 Å². The maximum absolute atomic E-state index is 12.7. The fourth-order valence-corrected chi connectivity index (χ4v) is 2.63. The van der Waals surface area contributed by atoms with E-state index in [0.29, 0.717) is 12.2 Å². The molecular formula is C15H17N3O2. The quantitative estimate of drug-likeness (QED) is 0.834. The Labute approximate surface area is 117 Å². The minimum atomic E-state index is -0.0424. The van der Waals surface area contributed by atoms with Crippen LogP contribution >= 0.6 is 0 Å². The summed E-state index contributed by atoms with van der Waals surface area (Å²) < 4.78 is 7.06. The van der Waals surface area contributed by atoms with E-state index in [9.17, 15) is 4.79 Å². The molecule has 5 heteroatoms. The van der Waals surface area contributed by atoms with Crippen LogP contribution in [0, 0.1) is 0 Å². The lowest BCUT2D eigenvalue weighted by molar-refractivity contribution is 0.0863. The van der Waals surface area contributed by atoms with Gasteiger partial charge in [0.15, 0.2) is 0 Å². The molecule has 104 valence electrons. The molecule has 0 radical (unpaired) electrons. The van der Waals surface area contributed by atoms with E-state index in [1.54, 1.807) is 36.0 Å². The van der Waals surface area contributed by atoms with Crippen LogP contribution in [0.25, 0.3) is 0 Å². The average Bonchev–Trinajstić information content (AvgIpc) is 2.91. The van der Waals surface area contributed by atoms with E-state index in [0.717, 1.165) is 17.7 Å². The van der Waals surface area contributed by atoms with Crippen LogP contribution in [-0.4, -0.2) is 35.4 Å². The number of hydrogen-bond acceptors (Lipinski definition) is 3. The first-order valence-corrected chi connectivity index (χ1v) is 6.61. The van der Waals surface area contributed by atoms with Crippen LogP contribution < -0.4 is 4.90 Å². The lowest BCUT2D eigenvalue weighted by Crippen LogP contribution is -2.43. The summed E-state index contributed by atoms with van der Waals surface area (Å²) in [5.41, 5.74) is 2.68. The van der Waals surface area contributed by atoms with Crippen molar-refractivity contribution in [2.24, 2.45) is 7.05 Å². The van der Waals surface area contributed by atoms with Crippen LogP contribution in [0.4, 0.5) is 5.69 Å². The molecule has 0 saturated carbocycles. The van der Waals surface area contributed by atoms with Gasteiger partial charge in [0.25, 0.3) is 5.91 Å². The van der Waals surface area contributed by atoms with Crippen LogP contribution in [0.3, 0.4) is 0 Å². The van der Waals surface area contributed by atoms with E-state index >= 15 is 0 Å². The van der Waals surface area contributed by atoms with Crippen molar-refractivity contribution in [3.8, 4) is 0 Å². The summed E-state index contributed by atoms with van der Waals surface area (Å²) in [6.45, 7) is 0.567. The molecule has 0 unspecified atom stereocenters. The fraction of sp³-hybridized carbons (Fsp3) is 0.333. The molecule has 0 aliphatic carbocycles. The number of aryl methyl sites for hydroxylation is 1. The molecule has 5 nitrogen and oxygen atoms in total. The zero-order chi connectivity index (χ0) is 14.1. The number of carbonyl (C=O) groups excluding carboxylic acids is 1. The van der Waals surface area contributed by atoms with Gasteiger partial charge in [0.1, 0.15) is 5.69 Å². The lowest BCUT2D eigenvalue weighted by Gasteiger charge is -2.33. The molecule has 0 fully saturated rings. The molecule has 0 spiro atoms. The lowest BCUT2D eigenvalue weighted by atomic mass is 9.99. The number of para-hydroxylation sites is 1. The van der Waals surface area contributed by atoms with Gasteiger partial charge >= 0.3 is 0 Å². The van der Waals surface area contributed by atoms with Crippen molar-refractivity contribution in [2.75, 3.05) is 18.6 Å². The molecule has 0 bridgehead atoms. The molecule has 0 saturated heterocycles. The van der Waals surface area contributed by atoms with E-state index in [1.165, 1.54) is 0 Å². The minimum absolute atomic E-state index is 0.0297. The predicted octanol–water partition coefficient (Wildman–Crippen LogP) is 1.64. The molecule has 2 heterocycles. The molecule has 1 atom stereocenters. The van der Waals surface area contributed by atoms with Crippen molar-refractivity contribution < 1.29 is 9.53 Å². The topological polar surface area (TPSA) is 47.4 Å². The number of aromatic nitrogens is 2. The van der Waals surface area contributed by atoms with Gasteiger partial charge in [0.2, 0.25) is 0 Å². The summed E-state index contributed by atoms with van der Waals surface area (Å²) >= 11 is 0. The van der Waals surface area contributed by atoms with Gasteiger partial charge in [-0.3, -0.25) is 9.48 Å². The molecule has 0 N–H and O–H groups in total. The first-order chi connectivity index (χ1) is 9.70. The van der Waals surface area contributed by atoms with Gasteiger partial charge < -0.3 is 9.64 Å². The van der Waals surface area contributed by atoms with Crippen molar-refractivity contribution >= 4 is 11.6 Å². The maximum Gasteiger partial charge on any atom is 0.276 e. The zero-order valence-corrected chi connectivity index (χ0v) is 11.6. The third-order valence-corrected chi connectivity index (χ3v) is 3.73. The Balaban J connectivity index is 2.00. The van der Waals surface area contributed by atoms with Gasteiger partial charge in [-0.25, -0.2) is 0 Å². The number of anilines is 1. The molecule has 3 rings (SSSR count). The number of ether oxygens (including phenoxy) is 1. The van der Waals surface area contributed by atoms with Gasteiger partial charge in [-0.15, -0.1) is 0 Å². The second-order valence-electron chi connectivity index (χ2n) is 4.95. The summed E-state index contributed by atoms with van der Waals surface area (Å²) in [5, 5.41) is 4.07. The number of methoxy groups -OCH3 is 1.